The number of nitrogens with one attached hydrogen (secondary N) is 1. The lowest BCUT2D eigenvalue weighted by Crippen LogP contribution is -2.44. The Morgan fingerprint density at radius 2 is 2.26 bits per heavy atom. The fourth-order valence-corrected chi connectivity index (χ4v) is 2.46. The number of carbonyl (C=O) groups is 1. The summed E-state index contributed by atoms with van der Waals surface area (Å²) in [5, 5.41) is 2.85. The molecule has 0 saturated carbocycles. The summed E-state index contributed by atoms with van der Waals surface area (Å²) in [5.41, 5.74) is 6.07. The third-order valence-corrected chi connectivity index (χ3v) is 3.60. The quantitative estimate of drug-likeness (QED) is 0.817. The van der Waals surface area contributed by atoms with Crippen LogP contribution in [0.1, 0.15) is 29.6 Å². The summed E-state index contributed by atoms with van der Waals surface area (Å²) in [6.45, 7) is 1.65. The van der Waals surface area contributed by atoms with E-state index in [-0.39, 0.29) is 17.2 Å². The molecular weight excluding hydrogens is 245 g/mol. The van der Waals surface area contributed by atoms with Crippen LogP contribution in [-0.2, 0) is 0 Å². The first kappa shape index (κ1) is 13.8. The molecular formula is C14H20FN3O. The number of nitrogens with zero attached hydrogens (tertiary/aromatic N) is 1. The van der Waals surface area contributed by atoms with Gasteiger partial charge in [-0.25, -0.2) is 4.39 Å². The topological polar surface area (TPSA) is 58.4 Å². The molecule has 1 aromatic rings. The maximum atomic E-state index is 13.2. The van der Waals surface area contributed by atoms with E-state index in [1.807, 2.05) is 0 Å². The maximum Gasteiger partial charge on any atom is 0.251 e. The Morgan fingerprint density at radius 3 is 2.95 bits per heavy atom. The highest BCUT2D eigenvalue weighted by molar-refractivity contribution is 5.95. The molecule has 0 bridgehead atoms. The van der Waals surface area contributed by atoms with E-state index in [0.29, 0.717) is 12.6 Å². The number of nitrogens with two attached hydrogens (primary N) is 1. The van der Waals surface area contributed by atoms with Gasteiger partial charge in [0.1, 0.15) is 5.82 Å². The summed E-state index contributed by atoms with van der Waals surface area (Å²) >= 11 is 0. The number of piperidine rings is 1. The average Bonchev–Trinajstić information content (AvgIpc) is 2.36. The summed E-state index contributed by atoms with van der Waals surface area (Å²) in [5.74, 6) is -0.759. The van der Waals surface area contributed by atoms with Crippen LogP contribution in [-0.4, -0.2) is 37.0 Å². The summed E-state index contributed by atoms with van der Waals surface area (Å²) < 4.78 is 13.2. The van der Waals surface area contributed by atoms with Gasteiger partial charge in [0.2, 0.25) is 0 Å². The fraction of sp³-hybridized carbons (Fsp3) is 0.500. The van der Waals surface area contributed by atoms with Crippen molar-refractivity contribution in [1.82, 2.24) is 10.2 Å². The molecule has 1 fully saturated rings. The van der Waals surface area contributed by atoms with E-state index in [9.17, 15) is 9.18 Å². The van der Waals surface area contributed by atoms with Gasteiger partial charge in [0.25, 0.3) is 5.91 Å². The van der Waals surface area contributed by atoms with Gasteiger partial charge in [-0.3, -0.25) is 4.79 Å². The lowest BCUT2D eigenvalue weighted by molar-refractivity contribution is 0.0928. The van der Waals surface area contributed by atoms with Gasteiger partial charge in [0.05, 0.1) is 0 Å². The van der Waals surface area contributed by atoms with Crippen LogP contribution < -0.4 is 11.1 Å². The van der Waals surface area contributed by atoms with Gasteiger partial charge in [-0.15, -0.1) is 0 Å². The van der Waals surface area contributed by atoms with Gasteiger partial charge in [-0.2, -0.15) is 0 Å². The van der Waals surface area contributed by atoms with Crippen LogP contribution in [0.25, 0.3) is 0 Å². The maximum absolute atomic E-state index is 13.2. The Balaban J connectivity index is 1.93. The van der Waals surface area contributed by atoms with Crippen molar-refractivity contribution in [2.75, 3.05) is 25.9 Å². The molecule has 1 unspecified atom stereocenters. The van der Waals surface area contributed by atoms with Gasteiger partial charge < -0.3 is 16.0 Å². The van der Waals surface area contributed by atoms with Crippen LogP contribution >= 0.6 is 0 Å². The molecule has 4 nitrogen and oxygen atoms in total. The van der Waals surface area contributed by atoms with Crippen LogP contribution in [0.4, 0.5) is 10.1 Å². The summed E-state index contributed by atoms with van der Waals surface area (Å²) in [6.07, 6.45) is 3.49. The fourth-order valence-electron chi connectivity index (χ4n) is 2.46. The van der Waals surface area contributed by atoms with Crippen LogP contribution in [0.5, 0.6) is 0 Å². The second-order valence-electron chi connectivity index (χ2n) is 5.11. The highest BCUT2D eigenvalue weighted by atomic mass is 19.1. The largest absolute Gasteiger partial charge is 0.399 e. The molecule has 1 aromatic carbocycles. The van der Waals surface area contributed by atoms with E-state index in [2.05, 4.69) is 17.3 Å². The lowest BCUT2D eigenvalue weighted by atomic mass is 10.0. The third-order valence-electron chi connectivity index (χ3n) is 3.60. The smallest absolute Gasteiger partial charge is 0.251 e. The Labute approximate surface area is 112 Å². The van der Waals surface area contributed by atoms with Crippen molar-refractivity contribution in [3.63, 3.8) is 0 Å². The zero-order valence-electron chi connectivity index (χ0n) is 11.2. The van der Waals surface area contributed by atoms with Crippen molar-refractivity contribution in [2.45, 2.75) is 25.3 Å². The van der Waals surface area contributed by atoms with Gasteiger partial charge >= 0.3 is 0 Å². The molecule has 2 rings (SSSR count). The zero-order valence-corrected chi connectivity index (χ0v) is 11.2. The molecule has 1 aliphatic rings. The second-order valence-corrected chi connectivity index (χ2v) is 5.11. The number of nitrogen functional groups attached to an aromatic ring is 1. The predicted octanol–water partition coefficient (Wildman–Crippen LogP) is 1.62. The van der Waals surface area contributed by atoms with Crippen molar-refractivity contribution in [3.8, 4) is 0 Å². The average molecular weight is 265 g/mol. The molecule has 104 valence electrons. The van der Waals surface area contributed by atoms with E-state index < -0.39 is 5.82 Å². The number of hydrogen-bond acceptors (Lipinski definition) is 3. The van der Waals surface area contributed by atoms with Gasteiger partial charge in [0, 0.05) is 23.8 Å². The number of rotatable bonds is 3. The van der Waals surface area contributed by atoms with Crippen LogP contribution in [0, 0.1) is 5.82 Å². The van der Waals surface area contributed by atoms with Crippen molar-refractivity contribution in [1.29, 1.82) is 0 Å². The lowest BCUT2D eigenvalue weighted by Gasteiger charge is -2.32. The molecule has 0 aromatic heterocycles. The third kappa shape index (κ3) is 3.67. The summed E-state index contributed by atoms with van der Waals surface area (Å²) in [7, 11) is 2.07. The van der Waals surface area contributed by atoms with Gasteiger partial charge in [-0.1, -0.05) is 6.42 Å². The molecule has 3 N–H and O–H groups in total. The molecule has 1 saturated heterocycles. The van der Waals surface area contributed by atoms with Crippen molar-refractivity contribution in [3.05, 3.63) is 29.6 Å². The number of amides is 1. The minimum absolute atomic E-state index is 0.264. The number of benzene rings is 1. The first-order chi connectivity index (χ1) is 9.06. The first-order valence-electron chi connectivity index (χ1n) is 6.61. The molecule has 0 aliphatic carbocycles. The Bertz CT molecular complexity index is 444. The highest BCUT2D eigenvalue weighted by Crippen LogP contribution is 2.15. The first-order valence-corrected chi connectivity index (χ1v) is 6.61. The molecule has 19 heavy (non-hydrogen) atoms. The number of likely N-dealkylation sites (N-methyl/N-ethyl adjacent to an activating group) is 1. The van der Waals surface area contributed by atoms with E-state index in [1.54, 1.807) is 0 Å². The van der Waals surface area contributed by atoms with Crippen LogP contribution in [0.2, 0.25) is 0 Å². The van der Waals surface area contributed by atoms with Crippen molar-refractivity contribution < 1.29 is 9.18 Å². The predicted molar refractivity (Wildman–Crippen MR) is 73.4 cm³/mol. The van der Waals surface area contributed by atoms with Crippen LogP contribution in [0.3, 0.4) is 0 Å². The standard InChI is InChI=1S/C14H20FN3O/c1-18-5-3-2-4-13(18)9-17-14(19)10-6-11(15)8-12(16)7-10/h6-8,13H,2-5,9,16H2,1H3,(H,17,19). The van der Waals surface area contributed by atoms with Crippen molar-refractivity contribution >= 4 is 11.6 Å². The number of likely N-dealkylation sites (tertiary alicyclic amines) is 1. The monoisotopic (exact) mass is 265 g/mol. The SMILES string of the molecule is CN1CCCCC1CNC(=O)c1cc(N)cc(F)c1. The van der Waals surface area contributed by atoms with Crippen molar-refractivity contribution in [2.24, 2.45) is 0 Å². The van der Waals surface area contributed by atoms with Crippen LogP contribution in [0.15, 0.2) is 18.2 Å². The van der Waals surface area contributed by atoms with E-state index >= 15 is 0 Å². The van der Waals surface area contributed by atoms with Gasteiger partial charge in [0.15, 0.2) is 0 Å². The molecule has 5 heteroatoms. The molecule has 1 aliphatic heterocycles. The number of carbonyl (C=O) groups excluding carboxylic acids is 1. The minimum Gasteiger partial charge on any atom is -0.399 e. The molecule has 0 spiro atoms. The number of anilines is 1. The van der Waals surface area contributed by atoms with E-state index in [1.165, 1.54) is 31.0 Å². The number of halogens is 1. The number of hydrogen-bond donors (Lipinski definition) is 2. The normalized spacial score (nSPS) is 20.2. The Hall–Kier alpha value is -1.62. The van der Waals surface area contributed by atoms with E-state index in [0.717, 1.165) is 13.0 Å². The highest BCUT2D eigenvalue weighted by Gasteiger charge is 2.19. The second kappa shape index (κ2) is 6.02. The molecule has 1 amide bonds. The Morgan fingerprint density at radius 1 is 1.47 bits per heavy atom. The Kier molecular flexibility index (Phi) is 4.37. The minimum atomic E-state index is -0.486. The summed E-state index contributed by atoms with van der Waals surface area (Å²) in [6, 6.07) is 4.26. The van der Waals surface area contributed by atoms with E-state index in [4.69, 9.17) is 5.73 Å². The molecule has 1 heterocycles. The van der Waals surface area contributed by atoms with Gasteiger partial charge in [-0.05, 0) is 44.6 Å². The molecule has 0 radical (unpaired) electrons. The zero-order chi connectivity index (χ0) is 13.8. The summed E-state index contributed by atoms with van der Waals surface area (Å²) in [4.78, 5) is 14.2. The molecule has 1 atom stereocenters.